The molecular formula is C28H34ClFN6O3S. The van der Waals surface area contributed by atoms with E-state index >= 15 is 4.39 Å². The van der Waals surface area contributed by atoms with E-state index in [2.05, 4.69) is 45.1 Å². The van der Waals surface area contributed by atoms with Gasteiger partial charge < -0.3 is 15.1 Å². The number of carbonyl (C=O) groups excluding carboxylic acids is 1. The molecule has 40 heavy (non-hydrogen) atoms. The molecule has 1 aliphatic rings. The molecule has 0 radical (unpaired) electrons. The van der Waals surface area contributed by atoms with Gasteiger partial charge >= 0.3 is 0 Å². The van der Waals surface area contributed by atoms with Crippen LogP contribution in [0.25, 0.3) is 0 Å². The summed E-state index contributed by atoms with van der Waals surface area (Å²) in [5.41, 5.74) is 2.67. The first-order valence-corrected chi connectivity index (χ1v) is 14.8. The van der Waals surface area contributed by atoms with E-state index in [0.717, 1.165) is 18.6 Å². The van der Waals surface area contributed by atoms with E-state index < -0.39 is 20.7 Å². The summed E-state index contributed by atoms with van der Waals surface area (Å²) in [5.74, 6) is -0.729. The second-order valence-corrected chi connectivity index (χ2v) is 12.5. The lowest BCUT2D eigenvalue weighted by molar-refractivity contribution is -0.133. The zero-order chi connectivity index (χ0) is 29.0. The highest BCUT2D eigenvalue weighted by molar-refractivity contribution is 7.92. The largest absolute Gasteiger partial charge is 0.379 e. The van der Waals surface area contributed by atoms with Crippen molar-refractivity contribution >= 4 is 39.0 Å². The maximum Gasteiger partial charge on any atom is 0.266 e. The third-order valence-electron chi connectivity index (χ3n) is 7.15. The van der Waals surface area contributed by atoms with Gasteiger partial charge in [0.1, 0.15) is 22.9 Å². The fourth-order valence-electron chi connectivity index (χ4n) is 5.13. The van der Waals surface area contributed by atoms with Crippen LogP contribution in [0, 0.1) is 12.7 Å². The topological polar surface area (TPSA) is 108 Å². The highest BCUT2D eigenvalue weighted by atomic mass is 35.5. The Hall–Kier alpha value is -3.28. The number of benzene rings is 2. The number of anilines is 2. The van der Waals surface area contributed by atoms with E-state index in [-0.39, 0.29) is 47.0 Å². The molecule has 3 aromatic rings. The second-order valence-electron chi connectivity index (χ2n) is 10.4. The van der Waals surface area contributed by atoms with E-state index in [0.29, 0.717) is 12.8 Å². The van der Waals surface area contributed by atoms with Crippen LogP contribution in [0.5, 0.6) is 0 Å². The van der Waals surface area contributed by atoms with Crippen molar-refractivity contribution < 1.29 is 17.6 Å². The Labute approximate surface area is 239 Å². The molecular weight excluding hydrogens is 555 g/mol. The first-order valence-electron chi connectivity index (χ1n) is 13.0. The van der Waals surface area contributed by atoms with Crippen LogP contribution in [0.4, 0.5) is 15.9 Å². The fourth-order valence-corrected chi connectivity index (χ4v) is 6.50. The number of sulfonamides is 1. The number of aryl methyl sites for hydroxylation is 1. The molecule has 0 aliphatic heterocycles. The Balaban J connectivity index is 1.59. The Morgan fingerprint density at radius 2 is 1.93 bits per heavy atom. The molecule has 1 amide bonds. The molecule has 0 saturated heterocycles. The Kier molecular flexibility index (Phi) is 9.27. The number of hydrogen-bond donors (Lipinski definition) is 2. The van der Waals surface area contributed by atoms with Gasteiger partial charge in [0.2, 0.25) is 5.91 Å². The molecule has 1 aromatic heterocycles. The van der Waals surface area contributed by atoms with Crippen LogP contribution in [-0.2, 0) is 14.8 Å². The molecule has 9 nitrogen and oxygen atoms in total. The minimum absolute atomic E-state index is 0.00589. The lowest BCUT2D eigenvalue weighted by Gasteiger charge is -2.42. The monoisotopic (exact) mass is 588 g/mol. The molecule has 1 fully saturated rings. The van der Waals surface area contributed by atoms with Gasteiger partial charge in [-0.3, -0.25) is 9.52 Å². The Morgan fingerprint density at radius 1 is 1.15 bits per heavy atom. The molecule has 12 heteroatoms. The number of likely N-dealkylation sites (N-methyl/N-ethyl adjacent to an activating group) is 2. The Morgan fingerprint density at radius 3 is 2.60 bits per heavy atom. The van der Waals surface area contributed by atoms with Crippen molar-refractivity contribution in [2.24, 2.45) is 0 Å². The molecule has 0 unspecified atom stereocenters. The summed E-state index contributed by atoms with van der Waals surface area (Å²) in [6.07, 6.45) is 4.83. The van der Waals surface area contributed by atoms with Gasteiger partial charge in [0.05, 0.1) is 23.3 Å². The SMILES string of the molecule is Cc1cccc([C@H]2CC[C@H](Nc3cc(F)c(S(=O)(=O)Nc4ccncn4)cc3Cl)[C@@H](N(C)C(=O)CN(C)C)C2)c1. The van der Waals surface area contributed by atoms with Crippen molar-refractivity contribution in [3.8, 4) is 0 Å². The summed E-state index contributed by atoms with van der Waals surface area (Å²) in [6.45, 7) is 2.32. The van der Waals surface area contributed by atoms with Crippen LogP contribution in [0.15, 0.2) is 59.9 Å². The maximum atomic E-state index is 15.2. The smallest absolute Gasteiger partial charge is 0.266 e. The zero-order valence-electron chi connectivity index (χ0n) is 22.9. The molecule has 1 heterocycles. The van der Waals surface area contributed by atoms with Gasteiger partial charge in [-0.2, -0.15) is 0 Å². The number of amides is 1. The molecule has 0 bridgehead atoms. The van der Waals surface area contributed by atoms with Crippen LogP contribution in [0.3, 0.4) is 0 Å². The van der Waals surface area contributed by atoms with Gasteiger partial charge in [-0.05, 0) is 70.0 Å². The summed E-state index contributed by atoms with van der Waals surface area (Å²) in [4.78, 5) is 23.6. The second kappa shape index (κ2) is 12.5. The highest BCUT2D eigenvalue weighted by Crippen LogP contribution is 2.38. The highest BCUT2D eigenvalue weighted by Gasteiger charge is 2.36. The lowest BCUT2D eigenvalue weighted by atomic mass is 9.77. The predicted octanol–water partition coefficient (Wildman–Crippen LogP) is 4.52. The normalized spacial score (nSPS) is 19.3. The van der Waals surface area contributed by atoms with E-state index in [1.54, 1.807) is 11.9 Å². The summed E-state index contributed by atoms with van der Waals surface area (Å²) in [6, 6.07) is 11.5. The standard InChI is InChI=1S/C28H34ClFN6O3S/c1-18-6-5-7-19(12-18)20-8-9-23(25(13-20)36(4)28(37)16-35(2)3)33-24-15-22(30)26(14-21(24)29)40(38,39)34-27-10-11-31-17-32-27/h5-7,10-12,14-15,17,20,23,25,33H,8-9,13,16H2,1-4H3,(H,31,32,34)/t20-,23-,25-/m0/s1. The van der Waals surface area contributed by atoms with Crippen LogP contribution in [-0.4, -0.2) is 73.9 Å². The van der Waals surface area contributed by atoms with Gasteiger partial charge in [-0.15, -0.1) is 0 Å². The van der Waals surface area contributed by atoms with E-state index in [4.69, 9.17) is 11.6 Å². The van der Waals surface area contributed by atoms with Crippen LogP contribution in [0.2, 0.25) is 5.02 Å². The lowest BCUT2D eigenvalue weighted by Crippen LogP contribution is -2.52. The molecule has 1 saturated carbocycles. The molecule has 3 atom stereocenters. The zero-order valence-corrected chi connectivity index (χ0v) is 24.5. The number of aromatic nitrogens is 2. The molecule has 1 aliphatic carbocycles. The third kappa shape index (κ3) is 7.07. The maximum absolute atomic E-state index is 15.2. The van der Waals surface area contributed by atoms with E-state index in [9.17, 15) is 13.2 Å². The summed E-state index contributed by atoms with van der Waals surface area (Å²) < 4.78 is 43.1. The van der Waals surface area contributed by atoms with Crippen LogP contribution in [0.1, 0.15) is 36.3 Å². The number of nitrogens with one attached hydrogen (secondary N) is 2. The average Bonchev–Trinajstić information content (AvgIpc) is 2.90. The average molecular weight is 589 g/mol. The Bertz CT molecular complexity index is 1460. The quantitative estimate of drug-likeness (QED) is 0.378. The van der Waals surface area contributed by atoms with Crippen molar-refractivity contribution in [1.82, 2.24) is 19.8 Å². The number of carbonyl (C=O) groups is 1. The van der Waals surface area contributed by atoms with Crippen molar-refractivity contribution in [3.05, 3.63) is 77.0 Å². The first-order chi connectivity index (χ1) is 18.9. The van der Waals surface area contributed by atoms with Gasteiger partial charge in [-0.25, -0.2) is 22.8 Å². The van der Waals surface area contributed by atoms with Crippen LogP contribution >= 0.6 is 11.6 Å². The third-order valence-corrected chi connectivity index (χ3v) is 8.83. The molecule has 4 rings (SSSR count). The number of nitrogens with zero attached hydrogens (tertiary/aromatic N) is 4. The van der Waals surface area contributed by atoms with Crippen molar-refractivity contribution in [3.63, 3.8) is 0 Å². The van der Waals surface area contributed by atoms with Crippen molar-refractivity contribution in [1.29, 1.82) is 0 Å². The van der Waals surface area contributed by atoms with Crippen molar-refractivity contribution in [2.75, 3.05) is 37.7 Å². The summed E-state index contributed by atoms with van der Waals surface area (Å²) in [5, 5.41) is 3.37. The number of halogens is 2. The minimum Gasteiger partial charge on any atom is -0.379 e. The predicted molar refractivity (Wildman–Crippen MR) is 155 cm³/mol. The van der Waals surface area contributed by atoms with Crippen LogP contribution < -0.4 is 10.0 Å². The molecule has 214 valence electrons. The van der Waals surface area contributed by atoms with Gasteiger partial charge in [0.15, 0.2) is 0 Å². The molecule has 2 N–H and O–H groups in total. The number of hydrogen-bond acceptors (Lipinski definition) is 7. The van der Waals surface area contributed by atoms with Gasteiger partial charge in [0.25, 0.3) is 10.0 Å². The van der Waals surface area contributed by atoms with E-state index in [1.807, 2.05) is 25.1 Å². The van der Waals surface area contributed by atoms with E-state index in [1.165, 1.54) is 29.7 Å². The van der Waals surface area contributed by atoms with Gasteiger partial charge in [-0.1, -0.05) is 41.4 Å². The fraction of sp³-hybridized carbons (Fsp3) is 0.393. The van der Waals surface area contributed by atoms with Gasteiger partial charge in [0, 0.05) is 19.3 Å². The minimum atomic E-state index is -4.29. The summed E-state index contributed by atoms with van der Waals surface area (Å²) >= 11 is 6.50. The first kappa shape index (κ1) is 29.7. The molecule has 2 aromatic carbocycles. The number of rotatable bonds is 9. The van der Waals surface area contributed by atoms with Crippen molar-refractivity contribution in [2.45, 2.75) is 49.1 Å². The molecule has 0 spiro atoms. The summed E-state index contributed by atoms with van der Waals surface area (Å²) in [7, 11) is 1.19.